The van der Waals surface area contributed by atoms with E-state index in [9.17, 15) is 9.59 Å². The number of benzene rings is 1. The van der Waals surface area contributed by atoms with E-state index in [2.05, 4.69) is 24.5 Å². The molecule has 126 valence electrons. The van der Waals surface area contributed by atoms with Crippen molar-refractivity contribution in [3.05, 3.63) is 30.3 Å². The highest BCUT2D eigenvalue weighted by atomic mass is 16.2. The summed E-state index contributed by atoms with van der Waals surface area (Å²) in [5.74, 6) is 0.0501. The molecule has 1 fully saturated rings. The number of quaternary nitrogens is 1. The van der Waals surface area contributed by atoms with Crippen LogP contribution < -0.4 is 20.4 Å². The van der Waals surface area contributed by atoms with E-state index in [1.54, 1.807) is 4.90 Å². The van der Waals surface area contributed by atoms with Gasteiger partial charge in [0, 0.05) is 18.7 Å². The lowest BCUT2D eigenvalue weighted by Crippen LogP contribution is -3.12. The molecule has 2 rings (SSSR count). The van der Waals surface area contributed by atoms with E-state index in [1.165, 1.54) is 4.90 Å². The van der Waals surface area contributed by atoms with Gasteiger partial charge in [-0.3, -0.25) is 4.79 Å². The Morgan fingerprint density at radius 1 is 1.26 bits per heavy atom. The number of likely N-dealkylation sites (N-methyl/N-ethyl adjacent to an activating group) is 1. The largest absolute Gasteiger partial charge is 0.334 e. The summed E-state index contributed by atoms with van der Waals surface area (Å²) in [6, 6.07) is 9.23. The third kappa shape index (κ3) is 4.96. The van der Waals surface area contributed by atoms with Crippen molar-refractivity contribution in [1.29, 1.82) is 0 Å². The van der Waals surface area contributed by atoms with Gasteiger partial charge in [-0.15, -0.1) is 0 Å². The fourth-order valence-electron chi connectivity index (χ4n) is 2.85. The summed E-state index contributed by atoms with van der Waals surface area (Å²) in [6.45, 7) is 8.48. The minimum absolute atomic E-state index is 0.0501. The average Bonchev–Trinajstić information content (AvgIpc) is 2.92. The molecule has 1 saturated heterocycles. The Morgan fingerprint density at radius 2 is 1.96 bits per heavy atom. The van der Waals surface area contributed by atoms with Crippen LogP contribution in [0.2, 0.25) is 0 Å². The lowest BCUT2D eigenvalue weighted by Gasteiger charge is -2.18. The second-order valence-corrected chi connectivity index (χ2v) is 5.85. The van der Waals surface area contributed by atoms with Crippen molar-refractivity contribution < 1.29 is 14.5 Å². The van der Waals surface area contributed by atoms with Gasteiger partial charge >= 0.3 is 6.03 Å². The molecular weight excluding hydrogens is 292 g/mol. The summed E-state index contributed by atoms with van der Waals surface area (Å²) in [4.78, 5) is 27.2. The topological polar surface area (TPSA) is 65.9 Å². The minimum Gasteiger partial charge on any atom is -0.334 e. The molecule has 23 heavy (non-hydrogen) atoms. The molecule has 1 aromatic carbocycles. The van der Waals surface area contributed by atoms with Crippen LogP contribution in [0.4, 0.5) is 10.5 Å². The molecule has 6 heteroatoms. The molecule has 0 unspecified atom stereocenters. The Balaban J connectivity index is 1.76. The number of nitrogens with zero attached hydrogens (tertiary/aromatic N) is 1. The summed E-state index contributed by atoms with van der Waals surface area (Å²) in [5.41, 5.74) is 0.882. The van der Waals surface area contributed by atoms with Gasteiger partial charge in [-0.1, -0.05) is 18.2 Å². The number of urea groups is 1. The van der Waals surface area contributed by atoms with Gasteiger partial charge in [0.25, 0.3) is 0 Å². The number of hydrogen-bond acceptors (Lipinski definition) is 2. The van der Waals surface area contributed by atoms with Gasteiger partial charge in [-0.05, 0) is 26.0 Å². The number of para-hydroxylation sites is 1. The molecule has 3 N–H and O–H groups in total. The highest BCUT2D eigenvalue weighted by molar-refractivity contribution is 5.96. The first-order chi connectivity index (χ1) is 11.1. The predicted molar refractivity (Wildman–Crippen MR) is 90.6 cm³/mol. The standard InChI is InChI=1S/C17H26N4O2/c1-3-20(4-2)11-10-18-17(23)19-14-12-16(22)21(13-14)15-8-6-5-7-9-15/h5-9,14H,3-4,10-13H2,1-2H3,(H2,18,19,23)/p+1/t14-/m1/s1. The van der Waals surface area contributed by atoms with Crippen molar-refractivity contribution in [2.24, 2.45) is 0 Å². The Bertz CT molecular complexity index is 517. The van der Waals surface area contributed by atoms with Crippen LogP contribution in [-0.2, 0) is 4.79 Å². The molecule has 0 aliphatic carbocycles. The number of anilines is 1. The van der Waals surface area contributed by atoms with E-state index in [0.717, 1.165) is 25.3 Å². The van der Waals surface area contributed by atoms with E-state index < -0.39 is 0 Å². The number of carbonyl (C=O) groups is 2. The molecular formula is C17H27N4O2+. The fraction of sp³-hybridized carbons (Fsp3) is 0.529. The lowest BCUT2D eigenvalue weighted by molar-refractivity contribution is -0.895. The normalized spacial score (nSPS) is 17.6. The quantitative estimate of drug-likeness (QED) is 0.663. The van der Waals surface area contributed by atoms with Crippen molar-refractivity contribution in [2.45, 2.75) is 26.3 Å². The van der Waals surface area contributed by atoms with Crippen LogP contribution in [-0.4, -0.2) is 50.7 Å². The molecule has 3 amide bonds. The van der Waals surface area contributed by atoms with Crippen LogP contribution in [0.3, 0.4) is 0 Å². The van der Waals surface area contributed by atoms with Gasteiger partial charge in [0.05, 0.1) is 32.2 Å². The second kappa shape index (κ2) is 8.53. The van der Waals surface area contributed by atoms with Crippen molar-refractivity contribution >= 4 is 17.6 Å². The molecule has 1 aromatic rings. The van der Waals surface area contributed by atoms with Gasteiger partial charge in [0.1, 0.15) is 0 Å². The second-order valence-electron chi connectivity index (χ2n) is 5.85. The average molecular weight is 319 g/mol. The summed E-state index contributed by atoms with van der Waals surface area (Å²) < 4.78 is 0. The third-order valence-corrected chi connectivity index (χ3v) is 4.29. The number of hydrogen-bond donors (Lipinski definition) is 3. The minimum atomic E-state index is -0.190. The van der Waals surface area contributed by atoms with Crippen molar-refractivity contribution in [3.8, 4) is 0 Å². The van der Waals surface area contributed by atoms with Crippen molar-refractivity contribution in [2.75, 3.05) is 37.6 Å². The van der Waals surface area contributed by atoms with Gasteiger partial charge in [0.15, 0.2) is 0 Å². The molecule has 0 spiro atoms. The summed E-state index contributed by atoms with van der Waals surface area (Å²) in [7, 11) is 0. The number of rotatable bonds is 7. The molecule has 1 aliphatic heterocycles. The highest BCUT2D eigenvalue weighted by Gasteiger charge is 2.31. The first kappa shape index (κ1) is 17.3. The Labute approximate surface area is 137 Å². The van der Waals surface area contributed by atoms with Crippen LogP contribution in [0.1, 0.15) is 20.3 Å². The molecule has 6 nitrogen and oxygen atoms in total. The molecule has 1 heterocycles. The van der Waals surface area contributed by atoms with E-state index in [0.29, 0.717) is 19.5 Å². The van der Waals surface area contributed by atoms with Gasteiger partial charge in [-0.25, -0.2) is 4.79 Å². The maximum Gasteiger partial charge on any atom is 0.315 e. The van der Waals surface area contributed by atoms with Gasteiger partial charge in [0.2, 0.25) is 5.91 Å². The lowest BCUT2D eigenvalue weighted by atomic mass is 10.2. The fourth-order valence-corrected chi connectivity index (χ4v) is 2.85. The molecule has 0 radical (unpaired) electrons. The van der Waals surface area contributed by atoms with Gasteiger partial charge < -0.3 is 20.4 Å². The zero-order chi connectivity index (χ0) is 16.7. The Morgan fingerprint density at radius 3 is 2.61 bits per heavy atom. The first-order valence-electron chi connectivity index (χ1n) is 8.37. The molecule has 1 atom stereocenters. The summed E-state index contributed by atoms with van der Waals surface area (Å²) >= 11 is 0. The van der Waals surface area contributed by atoms with Crippen molar-refractivity contribution in [3.63, 3.8) is 0 Å². The zero-order valence-electron chi connectivity index (χ0n) is 14.0. The zero-order valence-corrected chi connectivity index (χ0v) is 14.0. The maximum absolute atomic E-state index is 12.1. The summed E-state index contributed by atoms with van der Waals surface area (Å²) in [5, 5.41) is 5.77. The SMILES string of the molecule is CC[NH+](CC)CCNC(=O)N[C@@H]1CC(=O)N(c2ccccc2)C1. The van der Waals surface area contributed by atoms with Crippen LogP contribution in [0.5, 0.6) is 0 Å². The first-order valence-corrected chi connectivity index (χ1v) is 8.37. The van der Waals surface area contributed by atoms with E-state index in [1.807, 2.05) is 30.3 Å². The molecule has 0 aromatic heterocycles. The maximum atomic E-state index is 12.1. The van der Waals surface area contributed by atoms with Crippen LogP contribution in [0.15, 0.2) is 30.3 Å². The predicted octanol–water partition coefficient (Wildman–Crippen LogP) is 0.0158. The molecule has 0 bridgehead atoms. The molecule has 1 aliphatic rings. The van der Waals surface area contributed by atoms with Crippen LogP contribution in [0, 0.1) is 0 Å². The van der Waals surface area contributed by atoms with E-state index in [4.69, 9.17) is 0 Å². The number of carbonyl (C=O) groups excluding carboxylic acids is 2. The van der Waals surface area contributed by atoms with Crippen LogP contribution in [0.25, 0.3) is 0 Å². The Kier molecular flexibility index (Phi) is 6.40. The smallest absolute Gasteiger partial charge is 0.315 e. The Hall–Kier alpha value is -2.08. The van der Waals surface area contributed by atoms with E-state index >= 15 is 0 Å². The number of nitrogens with one attached hydrogen (secondary N) is 3. The van der Waals surface area contributed by atoms with Gasteiger partial charge in [-0.2, -0.15) is 0 Å². The van der Waals surface area contributed by atoms with E-state index in [-0.39, 0.29) is 18.0 Å². The highest BCUT2D eigenvalue weighted by Crippen LogP contribution is 2.20. The van der Waals surface area contributed by atoms with Crippen LogP contribution >= 0.6 is 0 Å². The monoisotopic (exact) mass is 319 g/mol. The number of amides is 3. The summed E-state index contributed by atoms with van der Waals surface area (Å²) in [6.07, 6.45) is 0.351. The van der Waals surface area contributed by atoms with Crippen molar-refractivity contribution in [1.82, 2.24) is 10.6 Å². The molecule has 0 saturated carbocycles. The third-order valence-electron chi connectivity index (χ3n) is 4.29.